The minimum atomic E-state index is -1.26. The van der Waals surface area contributed by atoms with Crippen molar-refractivity contribution in [3.8, 4) is 0 Å². The molecule has 194 valence electrons. The van der Waals surface area contributed by atoms with Crippen LogP contribution in [0.1, 0.15) is 35.0 Å². The zero-order valence-corrected chi connectivity index (χ0v) is 21.1. The fourth-order valence-electron chi connectivity index (χ4n) is 3.64. The smallest absolute Gasteiger partial charge is 0.328 e. The number of carbonyl (C=O) groups excluding carboxylic acids is 1. The normalized spacial score (nSPS) is 14.6. The molecule has 0 spiro atoms. The van der Waals surface area contributed by atoms with Crippen molar-refractivity contribution in [1.82, 2.24) is 14.9 Å². The van der Waals surface area contributed by atoms with Crippen molar-refractivity contribution >= 4 is 46.3 Å². The van der Waals surface area contributed by atoms with Crippen LogP contribution in [0.3, 0.4) is 0 Å². The third kappa shape index (κ3) is 7.56. The maximum Gasteiger partial charge on any atom is 0.328 e. The highest BCUT2D eigenvalue weighted by Gasteiger charge is 2.39. The summed E-state index contributed by atoms with van der Waals surface area (Å²) >= 11 is 6.02. The fraction of sp³-hybridized carbons (Fsp3) is 0.269. The zero-order valence-electron chi connectivity index (χ0n) is 20.4. The molecule has 1 aliphatic rings. The maximum absolute atomic E-state index is 13.1. The molecule has 10 nitrogen and oxygen atoms in total. The van der Waals surface area contributed by atoms with Crippen LogP contribution in [0, 0.1) is 0 Å². The molecule has 0 radical (unpaired) electrons. The second-order valence-electron chi connectivity index (χ2n) is 8.36. The van der Waals surface area contributed by atoms with Crippen LogP contribution in [0.2, 0.25) is 5.15 Å². The number of aromatic nitrogens is 2. The van der Waals surface area contributed by atoms with E-state index in [1.54, 1.807) is 11.0 Å². The highest BCUT2D eigenvalue weighted by atomic mass is 35.5. The van der Waals surface area contributed by atoms with E-state index in [4.69, 9.17) is 26.6 Å². The topological polar surface area (TPSA) is 133 Å². The summed E-state index contributed by atoms with van der Waals surface area (Å²) in [5.74, 6) is -2.13. The van der Waals surface area contributed by atoms with E-state index >= 15 is 0 Å². The number of aliphatic carboxylic acids is 2. The van der Waals surface area contributed by atoms with Gasteiger partial charge in [-0.3, -0.25) is 9.69 Å². The number of nitrogens with zero attached hydrogens (tertiary/aromatic N) is 4. The van der Waals surface area contributed by atoms with Crippen molar-refractivity contribution in [2.75, 3.05) is 32.1 Å². The molecule has 4 rings (SSSR count). The van der Waals surface area contributed by atoms with Crippen LogP contribution < -0.4 is 4.90 Å². The first kappa shape index (κ1) is 27.7. The predicted octanol–water partition coefficient (Wildman–Crippen LogP) is 4.01. The van der Waals surface area contributed by atoms with Crippen LogP contribution in [-0.4, -0.2) is 70.2 Å². The first-order valence-electron chi connectivity index (χ1n) is 11.4. The lowest BCUT2D eigenvalue weighted by atomic mass is 10.1. The standard InChI is InChI=1S/C22H23ClN4O2.C4H4O4/c1-26(2)13-5-6-14-29-22-17-8-4-3-7-16(17)21(28)27(22)19-12-10-15-9-11-18(23)24-20(15)25-19;5-3(6)1-2-4(7)8/h3-4,7-12,22H,5-6,13-14H2,1-2H3;1-2H,(H,5,6)(H,7,8)/b;2-1+. The highest BCUT2D eigenvalue weighted by molar-refractivity contribution is 6.29. The Bertz CT molecular complexity index is 1300. The van der Waals surface area contributed by atoms with Gasteiger partial charge in [0.2, 0.25) is 0 Å². The van der Waals surface area contributed by atoms with E-state index in [9.17, 15) is 14.4 Å². The average molecular weight is 527 g/mol. The van der Waals surface area contributed by atoms with E-state index in [1.165, 1.54) is 0 Å². The van der Waals surface area contributed by atoms with Gasteiger partial charge in [0, 0.05) is 35.3 Å². The summed E-state index contributed by atoms with van der Waals surface area (Å²) in [5.41, 5.74) is 2.02. The summed E-state index contributed by atoms with van der Waals surface area (Å²) in [4.78, 5) is 44.9. The third-order valence-electron chi connectivity index (χ3n) is 5.30. The predicted molar refractivity (Wildman–Crippen MR) is 139 cm³/mol. The number of rotatable bonds is 9. The Morgan fingerprint density at radius 1 is 1.03 bits per heavy atom. The van der Waals surface area contributed by atoms with Gasteiger partial charge in [0.1, 0.15) is 11.0 Å². The number of fused-ring (bicyclic) bond motifs is 2. The zero-order chi connectivity index (χ0) is 26.9. The number of carboxylic acids is 2. The molecule has 1 atom stereocenters. The Morgan fingerprint density at radius 2 is 1.70 bits per heavy atom. The van der Waals surface area contributed by atoms with E-state index in [0.29, 0.717) is 40.9 Å². The van der Waals surface area contributed by atoms with Crippen LogP contribution in [0.15, 0.2) is 60.7 Å². The fourth-order valence-corrected chi connectivity index (χ4v) is 3.78. The first-order valence-corrected chi connectivity index (χ1v) is 11.8. The summed E-state index contributed by atoms with van der Waals surface area (Å²) in [6, 6.07) is 14.9. The summed E-state index contributed by atoms with van der Waals surface area (Å²) < 4.78 is 6.18. The van der Waals surface area contributed by atoms with E-state index in [2.05, 4.69) is 29.0 Å². The van der Waals surface area contributed by atoms with E-state index in [-0.39, 0.29) is 5.91 Å². The summed E-state index contributed by atoms with van der Waals surface area (Å²) in [7, 11) is 4.11. The molecule has 1 unspecified atom stereocenters. The minimum absolute atomic E-state index is 0.118. The van der Waals surface area contributed by atoms with Crippen LogP contribution >= 0.6 is 11.6 Å². The molecular formula is C26H27ClN4O6. The van der Waals surface area contributed by atoms with Gasteiger partial charge in [0.25, 0.3) is 5.91 Å². The molecular weight excluding hydrogens is 500 g/mol. The second-order valence-corrected chi connectivity index (χ2v) is 8.74. The molecule has 0 saturated carbocycles. The van der Waals surface area contributed by atoms with Crippen LogP contribution in [0.4, 0.5) is 5.82 Å². The van der Waals surface area contributed by atoms with Gasteiger partial charge in [-0.25, -0.2) is 19.6 Å². The van der Waals surface area contributed by atoms with Gasteiger partial charge in [-0.15, -0.1) is 0 Å². The molecule has 0 aliphatic carbocycles. The van der Waals surface area contributed by atoms with Crippen molar-refractivity contribution in [1.29, 1.82) is 0 Å². The van der Waals surface area contributed by atoms with Gasteiger partial charge >= 0.3 is 11.9 Å². The molecule has 1 aliphatic heterocycles. The Hall–Kier alpha value is -3.86. The number of pyridine rings is 2. The molecule has 1 amide bonds. The Kier molecular flexibility index (Phi) is 9.67. The lowest BCUT2D eigenvalue weighted by molar-refractivity contribution is -0.134. The molecule has 0 fully saturated rings. The van der Waals surface area contributed by atoms with E-state index < -0.39 is 18.2 Å². The lowest BCUT2D eigenvalue weighted by Gasteiger charge is -2.25. The number of carbonyl (C=O) groups is 3. The maximum atomic E-state index is 13.1. The largest absolute Gasteiger partial charge is 0.478 e. The SMILES string of the molecule is CN(C)CCCCOC1c2ccccc2C(=O)N1c1ccc2ccc(Cl)nc2n1.O=C(O)/C=C/C(=O)O. The number of halogens is 1. The van der Waals surface area contributed by atoms with Gasteiger partial charge in [-0.2, -0.15) is 0 Å². The molecule has 37 heavy (non-hydrogen) atoms. The highest BCUT2D eigenvalue weighted by Crippen LogP contribution is 2.38. The molecule has 11 heteroatoms. The molecule has 0 saturated heterocycles. The lowest BCUT2D eigenvalue weighted by Crippen LogP contribution is -2.30. The van der Waals surface area contributed by atoms with Crippen molar-refractivity contribution in [3.05, 3.63) is 77.0 Å². The number of hydrogen-bond acceptors (Lipinski definition) is 7. The average Bonchev–Trinajstić information content (AvgIpc) is 3.14. The molecule has 3 heterocycles. The Balaban J connectivity index is 0.000000414. The summed E-state index contributed by atoms with van der Waals surface area (Å²) in [6.45, 7) is 1.57. The van der Waals surface area contributed by atoms with Crippen molar-refractivity contribution in [2.45, 2.75) is 19.1 Å². The summed E-state index contributed by atoms with van der Waals surface area (Å²) in [6.07, 6.45) is 2.57. The second kappa shape index (κ2) is 12.9. The number of benzene rings is 1. The van der Waals surface area contributed by atoms with Gasteiger partial charge in [-0.05, 0) is 63.8 Å². The van der Waals surface area contributed by atoms with Crippen LogP contribution in [-0.2, 0) is 14.3 Å². The van der Waals surface area contributed by atoms with Crippen LogP contribution in [0.5, 0.6) is 0 Å². The summed E-state index contributed by atoms with van der Waals surface area (Å²) in [5, 5.41) is 16.9. The Labute approximate surface area is 218 Å². The van der Waals surface area contributed by atoms with Crippen LogP contribution in [0.25, 0.3) is 11.0 Å². The van der Waals surface area contributed by atoms with Gasteiger partial charge < -0.3 is 19.8 Å². The van der Waals surface area contributed by atoms with Crippen molar-refractivity contribution in [3.63, 3.8) is 0 Å². The van der Waals surface area contributed by atoms with Crippen molar-refractivity contribution in [2.24, 2.45) is 0 Å². The number of ether oxygens (including phenoxy) is 1. The monoisotopic (exact) mass is 526 g/mol. The first-order chi connectivity index (χ1) is 17.7. The number of carboxylic acid groups (broad SMARTS) is 2. The Morgan fingerprint density at radius 3 is 2.38 bits per heavy atom. The van der Waals surface area contributed by atoms with Gasteiger partial charge in [-0.1, -0.05) is 29.8 Å². The molecule has 1 aromatic carbocycles. The number of amides is 1. The molecule has 3 aromatic rings. The number of hydrogen-bond donors (Lipinski definition) is 2. The molecule has 0 bridgehead atoms. The third-order valence-corrected chi connectivity index (χ3v) is 5.52. The molecule has 2 aromatic heterocycles. The number of unbranched alkanes of at least 4 members (excludes halogenated alkanes) is 1. The quantitative estimate of drug-likeness (QED) is 0.241. The van der Waals surface area contributed by atoms with E-state index in [0.717, 1.165) is 30.3 Å². The van der Waals surface area contributed by atoms with Gasteiger partial charge in [0.15, 0.2) is 11.9 Å². The van der Waals surface area contributed by atoms with Gasteiger partial charge in [0.05, 0.1) is 0 Å². The minimum Gasteiger partial charge on any atom is -0.478 e. The molecule has 2 N–H and O–H groups in total. The number of anilines is 1. The van der Waals surface area contributed by atoms with Crippen molar-refractivity contribution < 1.29 is 29.3 Å². The van der Waals surface area contributed by atoms with E-state index in [1.807, 2.05) is 42.5 Å².